The first-order valence-electron chi connectivity index (χ1n) is 8.74. The maximum atomic E-state index is 11.9. The molecule has 1 saturated carbocycles. The fourth-order valence-electron chi connectivity index (χ4n) is 2.94. The average Bonchev–Trinajstić information content (AvgIpc) is 2.58. The molecule has 3 heteroatoms. The monoisotopic (exact) mass is 319 g/mol. The Kier molecular flexibility index (Phi) is 7.86. The number of carbonyl (C=O) groups is 1. The summed E-state index contributed by atoms with van der Waals surface area (Å²) in [6, 6.07) is 8.61. The molecule has 2 rings (SSSR count). The van der Waals surface area contributed by atoms with Gasteiger partial charge in [-0.15, -0.1) is 0 Å². The largest absolute Gasteiger partial charge is 0.355 e. The van der Waals surface area contributed by atoms with E-state index in [1.807, 2.05) is 11.8 Å². The van der Waals surface area contributed by atoms with Gasteiger partial charge in [-0.1, -0.05) is 50.5 Å². The maximum Gasteiger partial charge on any atom is 0.220 e. The molecular weight excluding hydrogens is 290 g/mol. The van der Waals surface area contributed by atoms with Crippen LogP contribution < -0.4 is 5.32 Å². The van der Waals surface area contributed by atoms with Gasteiger partial charge in [0.1, 0.15) is 0 Å². The normalized spacial score (nSPS) is 15.7. The summed E-state index contributed by atoms with van der Waals surface area (Å²) in [5.74, 6) is 1.24. The molecule has 22 heavy (non-hydrogen) atoms. The highest BCUT2D eigenvalue weighted by Gasteiger charge is 2.13. The van der Waals surface area contributed by atoms with Crippen LogP contribution in [0.1, 0.15) is 56.6 Å². The van der Waals surface area contributed by atoms with Crippen molar-refractivity contribution in [2.24, 2.45) is 0 Å². The average molecular weight is 320 g/mol. The predicted octanol–water partition coefficient (Wildman–Crippen LogP) is 4.36. The molecule has 122 valence electrons. The third kappa shape index (κ3) is 6.43. The minimum atomic E-state index is 0.184. The molecule has 1 aliphatic rings. The first-order valence-corrected chi connectivity index (χ1v) is 9.79. The van der Waals surface area contributed by atoms with Gasteiger partial charge in [-0.25, -0.2) is 0 Å². The van der Waals surface area contributed by atoms with Crippen LogP contribution in [-0.4, -0.2) is 23.5 Å². The minimum absolute atomic E-state index is 0.184. The van der Waals surface area contributed by atoms with Crippen molar-refractivity contribution < 1.29 is 4.79 Å². The Morgan fingerprint density at radius 1 is 1.14 bits per heavy atom. The molecule has 1 aromatic carbocycles. The van der Waals surface area contributed by atoms with Crippen molar-refractivity contribution in [3.63, 3.8) is 0 Å². The smallest absolute Gasteiger partial charge is 0.220 e. The summed E-state index contributed by atoms with van der Waals surface area (Å²) in [6.07, 6.45) is 9.43. The molecule has 0 heterocycles. The number of amides is 1. The van der Waals surface area contributed by atoms with Crippen LogP contribution in [0.5, 0.6) is 0 Å². The van der Waals surface area contributed by atoms with E-state index < -0.39 is 0 Å². The van der Waals surface area contributed by atoms with E-state index in [1.165, 1.54) is 43.2 Å². The highest BCUT2D eigenvalue weighted by molar-refractivity contribution is 7.99. The van der Waals surface area contributed by atoms with Crippen LogP contribution >= 0.6 is 11.8 Å². The van der Waals surface area contributed by atoms with Crippen molar-refractivity contribution in [3.05, 3.63) is 35.4 Å². The third-order valence-corrected chi connectivity index (χ3v) is 5.78. The lowest BCUT2D eigenvalue weighted by atomic mass is 10.0. The van der Waals surface area contributed by atoms with Gasteiger partial charge in [0, 0.05) is 24.0 Å². The van der Waals surface area contributed by atoms with Crippen LogP contribution in [0.2, 0.25) is 0 Å². The molecule has 0 spiro atoms. The number of nitrogens with one attached hydrogen (secondary N) is 1. The van der Waals surface area contributed by atoms with Gasteiger partial charge < -0.3 is 5.32 Å². The molecule has 1 amide bonds. The molecule has 1 aliphatic carbocycles. The maximum absolute atomic E-state index is 11.9. The number of rotatable bonds is 8. The van der Waals surface area contributed by atoms with Gasteiger partial charge >= 0.3 is 0 Å². The van der Waals surface area contributed by atoms with E-state index in [4.69, 9.17) is 0 Å². The van der Waals surface area contributed by atoms with Crippen molar-refractivity contribution in [1.82, 2.24) is 5.32 Å². The zero-order valence-electron chi connectivity index (χ0n) is 13.8. The van der Waals surface area contributed by atoms with E-state index >= 15 is 0 Å². The van der Waals surface area contributed by atoms with Crippen LogP contribution in [0.4, 0.5) is 0 Å². The van der Waals surface area contributed by atoms with Gasteiger partial charge in [-0.2, -0.15) is 11.8 Å². The second-order valence-electron chi connectivity index (χ2n) is 6.15. The van der Waals surface area contributed by atoms with E-state index in [9.17, 15) is 4.79 Å². The van der Waals surface area contributed by atoms with E-state index in [0.717, 1.165) is 30.4 Å². The second-order valence-corrected chi connectivity index (χ2v) is 7.56. The van der Waals surface area contributed by atoms with E-state index in [0.29, 0.717) is 6.42 Å². The molecule has 0 radical (unpaired) electrons. The van der Waals surface area contributed by atoms with Crippen molar-refractivity contribution in [2.75, 3.05) is 12.3 Å². The number of carbonyl (C=O) groups excluding carboxylic acids is 1. The topological polar surface area (TPSA) is 29.1 Å². The van der Waals surface area contributed by atoms with Crippen molar-refractivity contribution in [2.45, 2.75) is 63.5 Å². The Bertz CT molecular complexity index is 437. The first-order chi connectivity index (χ1) is 10.8. The Morgan fingerprint density at radius 2 is 1.82 bits per heavy atom. The number of aryl methyl sites for hydroxylation is 2. The number of hydrogen-bond donors (Lipinski definition) is 1. The molecule has 1 aromatic rings. The van der Waals surface area contributed by atoms with Crippen LogP contribution in [0.15, 0.2) is 24.3 Å². The first kappa shape index (κ1) is 17.4. The summed E-state index contributed by atoms with van der Waals surface area (Å²) in [6.45, 7) is 2.97. The van der Waals surface area contributed by atoms with E-state index in [-0.39, 0.29) is 5.91 Å². The van der Waals surface area contributed by atoms with Crippen LogP contribution in [0.25, 0.3) is 0 Å². The molecule has 0 saturated heterocycles. The zero-order chi connectivity index (χ0) is 15.6. The third-order valence-electron chi connectivity index (χ3n) is 4.40. The lowest BCUT2D eigenvalue weighted by Gasteiger charge is -2.20. The lowest BCUT2D eigenvalue weighted by molar-refractivity contribution is -0.120. The van der Waals surface area contributed by atoms with Gasteiger partial charge in [0.15, 0.2) is 0 Å². The van der Waals surface area contributed by atoms with Crippen molar-refractivity contribution in [3.8, 4) is 0 Å². The Labute approximate surface area is 139 Å². The highest BCUT2D eigenvalue weighted by atomic mass is 32.2. The Balaban J connectivity index is 1.55. The zero-order valence-corrected chi connectivity index (χ0v) is 14.6. The standard InChI is InChI=1S/C19H29NOS/c1-2-16-8-10-17(11-9-16)12-13-19(21)20-14-15-22-18-6-4-3-5-7-18/h8-11,18H,2-7,12-15H2,1H3,(H,20,21). The molecule has 0 bridgehead atoms. The summed E-state index contributed by atoms with van der Waals surface area (Å²) >= 11 is 2.04. The highest BCUT2D eigenvalue weighted by Crippen LogP contribution is 2.27. The van der Waals surface area contributed by atoms with Crippen molar-refractivity contribution in [1.29, 1.82) is 0 Å². The number of benzene rings is 1. The predicted molar refractivity (Wildman–Crippen MR) is 96.5 cm³/mol. The molecule has 1 fully saturated rings. The van der Waals surface area contributed by atoms with Gasteiger partial charge in [0.05, 0.1) is 0 Å². The summed E-state index contributed by atoms with van der Waals surface area (Å²) in [5.41, 5.74) is 2.61. The van der Waals surface area contributed by atoms with Crippen LogP contribution in [0.3, 0.4) is 0 Å². The molecule has 0 unspecified atom stereocenters. The minimum Gasteiger partial charge on any atom is -0.355 e. The van der Waals surface area contributed by atoms with E-state index in [1.54, 1.807) is 0 Å². The summed E-state index contributed by atoms with van der Waals surface area (Å²) in [5, 5.41) is 3.89. The number of thioether (sulfide) groups is 1. The van der Waals surface area contributed by atoms with Crippen molar-refractivity contribution >= 4 is 17.7 Å². The second kappa shape index (κ2) is 9.94. The quantitative estimate of drug-likeness (QED) is 0.721. The lowest BCUT2D eigenvalue weighted by Crippen LogP contribution is -2.26. The molecule has 1 N–H and O–H groups in total. The summed E-state index contributed by atoms with van der Waals surface area (Å²) in [4.78, 5) is 11.9. The van der Waals surface area contributed by atoms with E-state index in [2.05, 4.69) is 36.5 Å². The van der Waals surface area contributed by atoms with Gasteiger partial charge in [-0.05, 0) is 36.8 Å². The van der Waals surface area contributed by atoms with Crippen LogP contribution in [0, 0.1) is 0 Å². The van der Waals surface area contributed by atoms with Crippen LogP contribution in [-0.2, 0) is 17.6 Å². The Hall–Kier alpha value is -0.960. The Morgan fingerprint density at radius 3 is 2.50 bits per heavy atom. The van der Waals surface area contributed by atoms with Gasteiger partial charge in [0.25, 0.3) is 0 Å². The SMILES string of the molecule is CCc1ccc(CCC(=O)NCCSC2CCCCC2)cc1. The molecule has 2 nitrogen and oxygen atoms in total. The molecule has 0 aliphatic heterocycles. The van der Waals surface area contributed by atoms with Gasteiger partial charge in [0.2, 0.25) is 5.91 Å². The summed E-state index contributed by atoms with van der Waals surface area (Å²) < 4.78 is 0. The van der Waals surface area contributed by atoms with Gasteiger partial charge in [-0.3, -0.25) is 4.79 Å². The fraction of sp³-hybridized carbons (Fsp3) is 0.632. The fourth-order valence-corrected chi connectivity index (χ4v) is 4.16. The molecule has 0 atom stereocenters. The molecular formula is C19H29NOS. The molecule has 0 aromatic heterocycles. The summed E-state index contributed by atoms with van der Waals surface area (Å²) in [7, 11) is 0. The number of hydrogen-bond acceptors (Lipinski definition) is 2.